The van der Waals surface area contributed by atoms with Crippen molar-refractivity contribution in [1.82, 2.24) is 6.15 Å². The summed E-state index contributed by atoms with van der Waals surface area (Å²) in [6, 6.07) is 0. The molecule has 12 heavy (non-hydrogen) atoms. The van der Waals surface area contributed by atoms with E-state index in [2.05, 4.69) is 3.02 Å². The van der Waals surface area contributed by atoms with E-state index in [1.807, 2.05) is 0 Å². The Balaban J connectivity index is 0. The molecule has 0 fully saturated rings. The molecule has 0 aromatic rings. The van der Waals surface area contributed by atoms with Gasteiger partial charge in [0.25, 0.3) is 0 Å². The predicted octanol–water partition coefficient (Wildman–Crippen LogP) is -4.07. The van der Waals surface area contributed by atoms with Crippen molar-refractivity contribution in [3.05, 3.63) is 0 Å². The fourth-order valence-corrected chi connectivity index (χ4v) is 0.725. The second-order valence-electron chi connectivity index (χ2n) is 1.65. The summed E-state index contributed by atoms with van der Waals surface area (Å²) >= 11 is 0.0874. The van der Waals surface area contributed by atoms with Gasteiger partial charge in [0, 0.05) is 0 Å². The van der Waals surface area contributed by atoms with Crippen LogP contribution < -0.4 is 11.3 Å². The van der Waals surface area contributed by atoms with Gasteiger partial charge in [0.1, 0.15) is 0 Å². The third-order valence-corrected chi connectivity index (χ3v) is 1.56. The molecule has 2 unspecified atom stereocenters. The average molecular weight is 290 g/mol. The van der Waals surface area contributed by atoms with Crippen molar-refractivity contribution in [2.75, 3.05) is 0 Å². The first-order valence-corrected chi connectivity index (χ1v) is 3.82. The van der Waals surface area contributed by atoms with Crippen LogP contribution in [-0.2, 0) is 12.6 Å². The van der Waals surface area contributed by atoms with Crippen LogP contribution >= 0.6 is 0 Å². The monoisotopic (exact) mass is 289 g/mol. The van der Waals surface area contributed by atoms with Gasteiger partial charge in [-0.2, -0.15) is 0 Å². The van der Waals surface area contributed by atoms with Crippen LogP contribution in [0.4, 0.5) is 0 Å². The van der Waals surface area contributed by atoms with Crippen molar-refractivity contribution >= 4 is 35.4 Å². The van der Waals surface area contributed by atoms with Crippen LogP contribution in [0.25, 0.3) is 0 Å². The molecule has 7 nitrogen and oxygen atoms in total. The van der Waals surface area contributed by atoms with E-state index in [0.29, 0.717) is 0 Å². The molecule has 0 saturated heterocycles. The Morgan fingerprint density at radius 2 is 1.75 bits per heavy atom. The number of hydrogen-bond acceptors (Lipinski definition) is 6. The van der Waals surface area contributed by atoms with E-state index in [-0.39, 0.29) is 29.6 Å². The molecule has 0 amide bonds. The summed E-state index contributed by atoms with van der Waals surface area (Å²) in [5.74, 6) is -3.08. The Labute approximate surface area is 82.0 Å². The molecule has 0 bridgehead atoms. The zero-order valence-corrected chi connectivity index (χ0v) is 9.56. The molecule has 0 aliphatic carbocycles. The first-order valence-electron chi connectivity index (χ1n) is 2.48. The summed E-state index contributed by atoms with van der Waals surface area (Å²) in [5.41, 5.74) is 0. The standard InChI is InChI=1S/C4H6O6.H3N.Sb.2H/c5-1(3(7)8)2(6)4(9)10;;;;/h1-2,5-6H,(H,7,8)(H,9,10);1H3;;;/q;;+1;;/p-1. The van der Waals surface area contributed by atoms with Crippen LogP contribution in [0, 0.1) is 0 Å². The van der Waals surface area contributed by atoms with Gasteiger partial charge in [0.05, 0.1) is 0 Å². The Morgan fingerprint density at radius 1 is 1.33 bits per heavy atom. The average Bonchev–Trinajstić information content (AvgIpc) is 2.00. The van der Waals surface area contributed by atoms with E-state index in [0.717, 1.165) is 0 Å². The van der Waals surface area contributed by atoms with Gasteiger partial charge in [0.15, 0.2) is 0 Å². The number of hydrogen-bond donors (Lipinski definition) is 3. The van der Waals surface area contributed by atoms with Crippen LogP contribution in [-0.4, -0.2) is 57.8 Å². The number of aliphatic hydroxyl groups is 2. The van der Waals surface area contributed by atoms with Crippen molar-refractivity contribution in [1.29, 1.82) is 0 Å². The minimum atomic E-state index is -2.23. The zero-order valence-electron chi connectivity index (χ0n) is 6.26. The molecular formula is C4H10NO6Sb. The molecule has 0 spiro atoms. The predicted molar refractivity (Wildman–Crippen MR) is 37.6 cm³/mol. The van der Waals surface area contributed by atoms with Gasteiger partial charge >= 0.3 is 75.5 Å². The molecule has 0 rings (SSSR count). The van der Waals surface area contributed by atoms with Crippen molar-refractivity contribution in [3.8, 4) is 0 Å². The molecule has 0 saturated carbocycles. The maximum atomic E-state index is 10.4. The van der Waals surface area contributed by atoms with Gasteiger partial charge in [-0.1, -0.05) is 0 Å². The number of carboxylic acid groups (broad SMARTS) is 1. The summed E-state index contributed by atoms with van der Waals surface area (Å²) in [6.45, 7) is 0. The maximum Gasteiger partial charge on any atom is -0.369 e. The number of rotatable bonds is 3. The molecule has 0 heterocycles. The van der Waals surface area contributed by atoms with Crippen molar-refractivity contribution in [3.63, 3.8) is 0 Å². The molecule has 0 aliphatic rings. The number of aliphatic carboxylic acids is 1. The van der Waals surface area contributed by atoms with E-state index in [1.54, 1.807) is 0 Å². The van der Waals surface area contributed by atoms with Gasteiger partial charge in [-0.3, -0.25) is 0 Å². The Morgan fingerprint density at radius 3 is 2.00 bits per heavy atom. The number of carboxylic acids is 1. The zero-order chi connectivity index (χ0) is 9.02. The van der Waals surface area contributed by atoms with Gasteiger partial charge < -0.3 is 6.15 Å². The minimum Gasteiger partial charge on any atom is -0.369 e. The van der Waals surface area contributed by atoms with Crippen LogP contribution in [0.15, 0.2) is 0 Å². The Hall–Kier alpha value is -0.362. The second-order valence-corrected chi connectivity index (χ2v) is 2.32. The molecular weight excluding hydrogens is 280 g/mol. The van der Waals surface area contributed by atoms with Crippen LogP contribution in [0.5, 0.6) is 0 Å². The molecule has 0 radical (unpaired) electrons. The third-order valence-electron chi connectivity index (χ3n) is 0.898. The molecule has 6 N–H and O–H groups in total. The summed E-state index contributed by atoms with van der Waals surface area (Å²) in [5, 5.41) is 27.0. The molecule has 8 heteroatoms. The normalized spacial score (nSPS) is 13.9. The summed E-state index contributed by atoms with van der Waals surface area (Å²) in [7, 11) is 0. The topological polar surface area (TPSA) is 143 Å². The summed E-state index contributed by atoms with van der Waals surface area (Å²) < 4.78 is 4.07. The number of aliphatic hydroxyl groups excluding tert-OH is 2. The van der Waals surface area contributed by atoms with E-state index >= 15 is 0 Å². The Bertz CT molecular complexity index is 173. The largest absolute Gasteiger partial charge is 0.369 e. The number of quaternary nitrogens is 1. The first-order chi connectivity index (χ1) is 5.00. The first kappa shape index (κ1) is 14.2. The van der Waals surface area contributed by atoms with E-state index in [1.165, 1.54) is 0 Å². The smallest absolute Gasteiger partial charge is 0.369 e. The summed E-state index contributed by atoms with van der Waals surface area (Å²) in [4.78, 5) is 20.2. The molecule has 2 atom stereocenters. The fraction of sp³-hybridized carbons (Fsp3) is 0.500. The molecule has 0 aliphatic heterocycles. The van der Waals surface area contributed by atoms with Gasteiger partial charge in [-0.05, 0) is 0 Å². The van der Waals surface area contributed by atoms with E-state index in [9.17, 15) is 14.7 Å². The van der Waals surface area contributed by atoms with Crippen LogP contribution in [0.3, 0.4) is 0 Å². The van der Waals surface area contributed by atoms with Crippen molar-refractivity contribution in [2.45, 2.75) is 12.2 Å². The second kappa shape index (κ2) is 6.19. The van der Waals surface area contributed by atoms with Crippen LogP contribution in [0.1, 0.15) is 0 Å². The van der Waals surface area contributed by atoms with Crippen molar-refractivity contribution in [2.24, 2.45) is 0 Å². The number of carbonyl (C=O) groups is 2. The Kier molecular flexibility index (Phi) is 7.31. The van der Waals surface area contributed by atoms with Gasteiger partial charge in [-0.25, -0.2) is 0 Å². The molecule has 0 aromatic heterocycles. The third kappa shape index (κ3) is 3.87. The van der Waals surface area contributed by atoms with Gasteiger partial charge in [0.2, 0.25) is 0 Å². The molecule has 0 aromatic carbocycles. The maximum absolute atomic E-state index is 10.4. The minimum absolute atomic E-state index is 0. The summed E-state index contributed by atoms with van der Waals surface area (Å²) in [6.07, 6.45) is -4.29. The number of carbonyl (C=O) groups excluding carboxylic acids is 2. The fourth-order valence-electron chi connectivity index (χ4n) is 0.328. The van der Waals surface area contributed by atoms with Crippen molar-refractivity contribution < 1.29 is 27.9 Å². The quantitative estimate of drug-likeness (QED) is 0.451. The SMILES string of the molecule is O=C([O-])C(O)C(O)C(=O)[O][SbH2].[NH4+]. The van der Waals surface area contributed by atoms with E-state index in [4.69, 9.17) is 10.2 Å². The molecule has 72 valence electrons. The van der Waals surface area contributed by atoms with Gasteiger partial charge in [-0.15, -0.1) is 0 Å². The van der Waals surface area contributed by atoms with E-state index < -0.39 is 24.1 Å². The van der Waals surface area contributed by atoms with Crippen LogP contribution in [0.2, 0.25) is 0 Å².